The average Bonchev–Trinajstić information content (AvgIpc) is 2.45. The van der Waals surface area contributed by atoms with E-state index >= 15 is 0 Å². The van der Waals surface area contributed by atoms with Crippen LogP contribution in [0.15, 0.2) is 29.2 Å². The SMILES string of the molecule is CNC(=O)CN(C)CCS(=O)(=O)c1ccc(C#N)cc1. The lowest BCUT2D eigenvalue weighted by Gasteiger charge is -2.15. The van der Waals surface area contributed by atoms with E-state index in [1.165, 1.54) is 31.3 Å². The molecule has 0 atom stereocenters. The first-order valence-corrected chi connectivity index (χ1v) is 7.66. The van der Waals surface area contributed by atoms with E-state index < -0.39 is 9.84 Å². The maximum atomic E-state index is 12.1. The number of hydrogen-bond donors (Lipinski definition) is 1. The summed E-state index contributed by atoms with van der Waals surface area (Å²) in [6.07, 6.45) is 0. The van der Waals surface area contributed by atoms with Gasteiger partial charge in [-0.15, -0.1) is 0 Å². The number of nitrogens with one attached hydrogen (secondary N) is 1. The Kier molecular flexibility index (Phi) is 5.67. The van der Waals surface area contributed by atoms with Crippen LogP contribution >= 0.6 is 0 Å². The van der Waals surface area contributed by atoms with Crippen LogP contribution in [0.1, 0.15) is 5.56 Å². The Hall–Kier alpha value is -1.91. The van der Waals surface area contributed by atoms with E-state index in [2.05, 4.69) is 5.32 Å². The summed E-state index contributed by atoms with van der Waals surface area (Å²) >= 11 is 0. The van der Waals surface area contributed by atoms with Crippen LogP contribution in [0.4, 0.5) is 0 Å². The van der Waals surface area contributed by atoms with Crippen LogP contribution < -0.4 is 5.32 Å². The predicted octanol–water partition coefficient (Wildman–Crippen LogP) is 0.00978. The van der Waals surface area contributed by atoms with Crippen molar-refractivity contribution in [1.82, 2.24) is 10.2 Å². The highest BCUT2D eigenvalue weighted by Crippen LogP contribution is 2.12. The summed E-state index contributed by atoms with van der Waals surface area (Å²) in [4.78, 5) is 13.0. The van der Waals surface area contributed by atoms with Gasteiger partial charge >= 0.3 is 0 Å². The highest BCUT2D eigenvalue weighted by atomic mass is 32.2. The van der Waals surface area contributed by atoms with E-state index in [0.29, 0.717) is 5.56 Å². The third-order valence-corrected chi connectivity index (χ3v) is 4.49. The number of nitriles is 1. The van der Waals surface area contributed by atoms with Crippen LogP contribution in [-0.2, 0) is 14.6 Å². The van der Waals surface area contributed by atoms with Gasteiger partial charge in [-0.1, -0.05) is 0 Å². The topological polar surface area (TPSA) is 90.3 Å². The van der Waals surface area contributed by atoms with Gasteiger partial charge in [0.05, 0.1) is 28.8 Å². The molecule has 0 bridgehead atoms. The van der Waals surface area contributed by atoms with Gasteiger partial charge in [-0.2, -0.15) is 5.26 Å². The highest BCUT2D eigenvalue weighted by Gasteiger charge is 2.16. The van der Waals surface area contributed by atoms with Crippen LogP contribution in [0.3, 0.4) is 0 Å². The number of carbonyl (C=O) groups excluding carboxylic acids is 1. The van der Waals surface area contributed by atoms with Crippen molar-refractivity contribution in [2.45, 2.75) is 4.90 Å². The molecule has 0 saturated heterocycles. The van der Waals surface area contributed by atoms with Crippen molar-refractivity contribution in [3.8, 4) is 6.07 Å². The lowest BCUT2D eigenvalue weighted by Crippen LogP contribution is -2.35. The van der Waals surface area contributed by atoms with Gasteiger partial charge in [0.15, 0.2) is 9.84 Å². The van der Waals surface area contributed by atoms with Crippen LogP contribution in [0.2, 0.25) is 0 Å². The molecule has 0 fully saturated rings. The second kappa shape index (κ2) is 7.03. The van der Waals surface area contributed by atoms with Crippen LogP contribution in [0.5, 0.6) is 0 Å². The number of rotatable bonds is 6. The molecule has 1 aromatic carbocycles. The van der Waals surface area contributed by atoms with E-state index in [9.17, 15) is 13.2 Å². The van der Waals surface area contributed by atoms with Gasteiger partial charge in [0, 0.05) is 13.6 Å². The van der Waals surface area contributed by atoms with Gasteiger partial charge in [-0.25, -0.2) is 8.42 Å². The predicted molar refractivity (Wildman–Crippen MR) is 74.8 cm³/mol. The van der Waals surface area contributed by atoms with Crippen molar-refractivity contribution in [2.75, 3.05) is 32.9 Å². The number of sulfone groups is 1. The molecule has 108 valence electrons. The molecule has 7 heteroatoms. The molecule has 0 aliphatic rings. The minimum Gasteiger partial charge on any atom is -0.358 e. The standard InChI is InChI=1S/C13H17N3O3S/c1-15-13(17)10-16(2)7-8-20(18,19)12-5-3-11(9-14)4-6-12/h3-6H,7-8,10H2,1-2H3,(H,15,17). The minimum atomic E-state index is -3.41. The smallest absolute Gasteiger partial charge is 0.233 e. The van der Waals surface area contributed by atoms with Crippen LogP contribution in [0.25, 0.3) is 0 Å². The lowest BCUT2D eigenvalue weighted by atomic mass is 10.2. The molecule has 0 aliphatic carbocycles. The molecule has 0 saturated carbocycles. The molecule has 0 radical (unpaired) electrons. The Morgan fingerprint density at radius 3 is 2.45 bits per heavy atom. The summed E-state index contributed by atoms with van der Waals surface area (Å²) < 4.78 is 24.2. The monoisotopic (exact) mass is 295 g/mol. The van der Waals surface area contributed by atoms with Crippen molar-refractivity contribution >= 4 is 15.7 Å². The van der Waals surface area contributed by atoms with Crippen molar-refractivity contribution in [3.05, 3.63) is 29.8 Å². The van der Waals surface area contributed by atoms with E-state index in [1.807, 2.05) is 6.07 Å². The second-order valence-electron chi connectivity index (χ2n) is 4.37. The number of benzene rings is 1. The molecule has 0 aliphatic heterocycles. The molecule has 1 amide bonds. The lowest BCUT2D eigenvalue weighted by molar-refractivity contribution is -0.121. The molecule has 0 heterocycles. The Labute approximate surface area is 118 Å². The summed E-state index contributed by atoms with van der Waals surface area (Å²) in [5.74, 6) is -0.241. The number of carbonyl (C=O) groups is 1. The zero-order valence-electron chi connectivity index (χ0n) is 11.5. The summed E-state index contributed by atoms with van der Waals surface area (Å²) in [7, 11) is -0.190. The number of hydrogen-bond acceptors (Lipinski definition) is 5. The first-order valence-electron chi connectivity index (χ1n) is 6.01. The third-order valence-electron chi connectivity index (χ3n) is 2.78. The highest BCUT2D eigenvalue weighted by molar-refractivity contribution is 7.91. The summed E-state index contributed by atoms with van der Waals surface area (Å²) in [6.45, 7) is 0.412. The number of likely N-dealkylation sites (N-methyl/N-ethyl adjacent to an activating group) is 2. The molecule has 1 N–H and O–H groups in total. The molecule has 0 aromatic heterocycles. The number of amides is 1. The minimum absolute atomic E-state index is 0.0770. The summed E-state index contributed by atoms with van der Waals surface area (Å²) in [5.41, 5.74) is 0.417. The van der Waals surface area contributed by atoms with Crippen LogP contribution in [0, 0.1) is 11.3 Å². The number of nitrogens with zero attached hydrogens (tertiary/aromatic N) is 2. The fourth-order valence-electron chi connectivity index (χ4n) is 1.53. The Morgan fingerprint density at radius 2 is 1.95 bits per heavy atom. The van der Waals surface area contributed by atoms with E-state index in [1.54, 1.807) is 11.9 Å². The third kappa shape index (κ3) is 4.64. The molecular formula is C13H17N3O3S. The maximum Gasteiger partial charge on any atom is 0.233 e. The fourth-order valence-corrected chi connectivity index (χ4v) is 2.87. The summed E-state index contributed by atoms with van der Waals surface area (Å²) in [6, 6.07) is 7.73. The summed E-state index contributed by atoms with van der Waals surface area (Å²) in [5, 5.41) is 11.1. The van der Waals surface area contributed by atoms with Crippen LogP contribution in [-0.4, -0.2) is 52.2 Å². The van der Waals surface area contributed by atoms with Crippen molar-refractivity contribution in [1.29, 1.82) is 5.26 Å². The Bertz CT molecular complexity index is 603. The van der Waals surface area contributed by atoms with Gasteiger partial charge in [0.1, 0.15) is 0 Å². The van der Waals surface area contributed by atoms with E-state index in [4.69, 9.17) is 5.26 Å². The zero-order valence-corrected chi connectivity index (χ0v) is 12.3. The van der Waals surface area contributed by atoms with Gasteiger partial charge in [-0.3, -0.25) is 9.69 Å². The quantitative estimate of drug-likeness (QED) is 0.798. The van der Waals surface area contributed by atoms with E-state index in [0.717, 1.165) is 0 Å². The maximum absolute atomic E-state index is 12.1. The first-order chi connectivity index (χ1) is 9.39. The molecule has 1 rings (SSSR count). The Balaban J connectivity index is 2.65. The van der Waals surface area contributed by atoms with Crippen molar-refractivity contribution in [2.24, 2.45) is 0 Å². The molecule has 1 aromatic rings. The molecule has 20 heavy (non-hydrogen) atoms. The largest absolute Gasteiger partial charge is 0.358 e. The molecule has 0 spiro atoms. The molecular weight excluding hydrogens is 278 g/mol. The molecule has 0 unspecified atom stereocenters. The fraction of sp³-hybridized carbons (Fsp3) is 0.385. The second-order valence-corrected chi connectivity index (χ2v) is 6.48. The van der Waals surface area contributed by atoms with Crippen molar-refractivity contribution < 1.29 is 13.2 Å². The van der Waals surface area contributed by atoms with Gasteiger partial charge in [-0.05, 0) is 31.3 Å². The van der Waals surface area contributed by atoms with E-state index in [-0.39, 0.29) is 29.6 Å². The van der Waals surface area contributed by atoms with Crippen molar-refractivity contribution in [3.63, 3.8) is 0 Å². The van der Waals surface area contributed by atoms with Gasteiger partial charge in [0.25, 0.3) is 0 Å². The molecule has 6 nitrogen and oxygen atoms in total. The van der Waals surface area contributed by atoms with Gasteiger partial charge in [0.2, 0.25) is 5.91 Å². The zero-order chi connectivity index (χ0) is 15.2. The first kappa shape index (κ1) is 16.1. The normalized spacial score (nSPS) is 11.1. The van der Waals surface area contributed by atoms with Gasteiger partial charge < -0.3 is 5.32 Å². The average molecular weight is 295 g/mol. The Morgan fingerprint density at radius 1 is 1.35 bits per heavy atom.